The number of amides is 1. The molecule has 2 aromatic rings. The average molecular weight is 333 g/mol. The van der Waals surface area contributed by atoms with Crippen molar-refractivity contribution < 1.29 is 9.32 Å². The van der Waals surface area contributed by atoms with Gasteiger partial charge in [0, 0.05) is 24.1 Å². The summed E-state index contributed by atoms with van der Waals surface area (Å²) in [6.07, 6.45) is 4.17. The van der Waals surface area contributed by atoms with Crippen LogP contribution in [0.1, 0.15) is 49.2 Å². The molecule has 4 nitrogen and oxygen atoms in total. The van der Waals surface area contributed by atoms with E-state index in [2.05, 4.69) is 12.1 Å². The van der Waals surface area contributed by atoms with Gasteiger partial charge in [-0.15, -0.1) is 0 Å². The van der Waals surface area contributed by atoms with Crippen molar-refractivity contribution in [1.29, 1.82) is 0 Å². The molecule has 0 bridgehead atoms. The summed E-state index contributed by atoms with van der Waals surface area (Å²) in [5, 5.41) is 4.82. The fourth-order valence-corrected chi connectivity index (χ4v) is 3.33. The number of rotatable bonds is 5. The highest BCUT2D eigenvalue weighted by molar-refractivity contribution is 6.31. The standard InChI is InChI=1S/C18H21ClN2O2/c1-2-6-14-12-16(20-23-14)17-9-5-10-21(17)18(22)11-13-7-3-4-8-15(13)19/h3-4,7-8,12,17H,2,5-6,9-11H2,1H3. The Bertz CT molecular complexity index is 683. The first-order valence-corrected chi connectivity index (χ1v) is 8.55. The average Bonchev–Trinajstić information content (AvgIpc) is 3.18. The summed E-state index contributed by atoms with van der Waals surface area (Å²) in [5.41, 5.74) is 1.75. The Morgan fingerprint density at radius 1 is 1.43 bits per heavy atom. The molecule has 0 aliphatic carbocycles. The van der Waals surface area contributed by atoms with Crippen molar-refractivity contribution in [2.75, 3.05) is 6.54 Å². The van der Waals surface area contributed by atoms with Gasteiger partial charge in [0.2, 0.25) is 5.91 Å². The second kappa shape index (κ2) is 7.18. The lowest BCUT2D eigenvalue weighted by Gasteiger charge is -2.23. The zero-order chi connectivity index (χ0) is 16.2. The van der Waals surface area contributed by atoms with E-state index in [-0.39, 0.29) is 11.9 Å². The van der Waals surface area contributed by atoms with E-state index in [0.717, 1.165) is 49.2 Å². The highest BCUT2D eigenvalue weighted by Gasteiger charge is 2.32. The third-order valence-corrected chi connectivity index (χ3v) is 4.66. The van der Waals surface area contributed by atoms with Gasteiger partial charge in [-0.25, -0.2) is 0 Å². The summed E-state index contributed by atoms with van der Waals surface area (Å²) in [4.78, 5) is 14.6. The van der Waals surface area contributed by atoms with E-state index >= 15 is 0 Å². The molecule has 0 radical (unpaired) electrons. The van der Waals surface area contributed by atoms with Crippen molar-refractivity contribution in [3.05, 3.63) is 52.4 Å². The molecule has 2 heterocycles. The van der Waals surface area contributed by atoms with Gasteiger partial charge in [0.05, 0.1) is 12.5 Å². The number of aromatic nitrogens is 1. The Morgan fingerprint density at radius 2 is 2.26 bits per heavy atom. The highest BCUT2D eigenvalue weighted by Crippen LogP contribution is 2.32. The number of hydrogen-bond donors (Lipinski definition) is 0. The first kappa shape index (κ1) is 16.1. The van der Waals surface area contributed by atoms with Crippen molar-refractivity contribution >= 4 is 17.5 Å². The maximum Gasteiger partial charge on any atom is 0.227 e. The lowest BCUT2D eigenvalue weighted by molar-refractivity contribution is -0.131. The van der Waals surface area contributed by atoms with Crippen LogP contribution in [-0.4, -0.2) is 22.5 Å². The van der Waals surface area contributed by atoms with Gasteiger partial charge in [0.25, 0.3) is 0 Å². The lowest BCUT2D eigenvalue weighted by atomic mass is 10.1. The molecule has 1 unspecified atom stereocenters. The molecule has 3 rings (SSSR count). The second-order valence-corrected chi connectivity index (χ2v) is 6.39. The lowest BCUT2D eigenvalue weighted by Crippen LogP contribution is -2.32. The third kappa shape index (κ3) is 3.58. The monoisotopic (exact) mass is 332 g/mol. The van der Waals surface area contributed by atoms with Crippen LogP contribution in [0.25, 0.3) is 0 Å². The van der Waals surface area contributed by atoms with Gasteiger partial charge in [0.1, 0.15) is 11.5 Å². The van der Waals surface area contributed by atoms with Gasteiger partial charge in [-0.3, -0.25) is 4.79 Å². The Kier molecular flexibility index (Phi) is 5.01. The molecular formula is C18H21ClN2O2. The predicted molar refractivity (Wildman–Crippen MR) is 89.3 cm³/mol. The highest BCUT2D eigenvalue weighted by atomic mass is 35.5. The molecule has 1 aliphatic rings. The summed E-state index contributed by atoms with van der Waals surface area (Å²) >= 11 is 6.17. The van der Waals surface area contributed by atoms with Crippen LogP contribution in [0.5, 0.6) is 0 Å². The minimum atomic E-state index is 0.0272. The number of carbonyl (C=O) groups is 1. The normalized spacial score (nSPS) is 17.7. The summed E-state index contributed by atoms with van der Waals surface area (Å²) in [6.45, 7) is 2.88. The van der Waals surface area contributed by atoms with Gasteiger partial charge in [-0.05, 0) is 30.9 Å². The Balaban J connectivity index is 1.73. The van der Waals surface area contributed by atoms with Crippen molar-refractivity contribution in [3.8, 4) is 0 Å². The molecule has 5 heteroatoms. The molecule has 0 N–H and O–H groups in total. The first-order valence-electron chi connectivity index (χ1n) is 8.17. The molecule has 122 valence electrons. The maximum atomic E-state index is 12.7. The number of likely N-dealkylation sites (tertiary alicyclic amines) is 1. The van der Waals surface area contributed by atoms with Gasteiger partial charge in [0.15, 0.2) is 0 Å². The topological polar surface area (TPSA) is 46.3 Å². The molecule has 1 saturated heterocycles. The molecule has 0 spiro atoms. The molecular weight excluding hydrogens is 312 g/mol. The van der Waals surface area contributed by atoms with Crippen LogP contribution >= 0.6 is 11.6 Å². The summed E-state index contributed by atoms with van der Waals surface area (Å²) in [7, 11) is 0. The summed E-state index contributed by atoms with van der Waals surface area (Å²) in [5.74, 6) is 0.994. The molecule has 1 aromatic carbocycles. The minimum Gasteiger partial charge on any atom is -0.361 e. The molecule has 1 atom stereocenters. The van der Waals surface area contributed by atoms with Gasteiger partial charge in [-0.1, -0.05) is 41.9 Å². The van der Waals surface area contributed by atoms with Crippen LogP contribution in [0, 0.1) is 0 Å². The van der Waals surface area contributed by atoms with Crippen LogP contribution in [0.3, 0.4) is 0 Å². The molecule has 1 amide bonds. The van der Waals surface area contributed by atoms with Gasteiger partial charge in [-0.2, -0.15) is 0 Å². The number of aryl methyl sites for hydroxylation is 1. The molecule has 1 aliphatic heterocycles. The number of halogens is 1. The molecule has 1 fully saturated rings. The number of carbonyl (C=O) groups excluding carboxylic acids is 1. The van der Waals surface area contributed by atoms with Crippen molar-refractivity contribution in [2.45, 2.75) is 45.1 Å². The Labute approximate surface area is 141 Å². The summed E-state index contributed by atoms with van der Waals surface area (Å²) < 4.78 is 5.37. The molecule has 1 aromatic heterocycles. The van der Waals surface area contributed by atoms with Crippen molar-refractivity contribution in [3.63, 3.8) is 0 Å². The first-order chi connectivity index (χ1) is 11.2. The fraction of sp³-hybridized carbons (Fsp3) is 0.444. The van der Waals surface area contributed by atoms with Crippen molar-refractivity contribution in [2.24, 2.45) is 0 Å². The minimum absolute atomic E-state index is 0.0272. The molecule has 0 saturated carbocycles. The molecule has 23 heavy (non-hydrogen) atoms. The smallest absolute Gasteiger partial charge is 0.227 e. The van der Waals surface area contributed by atoms with E-state index < -0.39 is 0 Å². The predicted octanol–water partition coefficient (Wildman–Crippen LogP) is 4.19. The SMILES string of the molecule is CCCc1cc(C2CCCN2C(=O)Cc2ccccc2Cl)no1. The van der Waals surface area contributed by atoms with E-state index in [1.54, 1.807) is 0 Å². The number of hydrogen-bond acceptors (Lipinski definition) is 3. The quantitative estimate of drug-likeness (QED) is 0.824. The summed E-state index contributed by atoms with van der Waals surface area (Å²) in [6, 6.07) is 9.53. The maximum absolute atomic E-state index is 12.7. The Morgan fingerprint density at radius 3 is 3.04 bits per heavy atom. The van der Waals surface area contributed by atoms with Crippen LogP contribution in [-0.2, 0) is 17.6 Å². The largest absolute Gasteiger partial charge is 0.361 e. The zero-order valence-electron chi connectivity index (χ0n) is 13.3. The van der Waals surface area contributed by atoms with Crippen LogP contribution in [0.2, 0.25) is 5.02 Å². The number of nitrogens with zero attached hydrogens (tertiary/aromatic N) is 2. The fourth-order valence-electron chi connectivity index (χ4n) is 3.13. The van der Waals surface area contributed by atoms with Gasteiger partial charge < -0.3 is 9.42 Å². The van der Waals surface area contributed by atoms with Crippen molar-refractivity contribution in [1.82, 2.24) is 10.1 Å². The van der Waals surface area contributed by atoms with E-state index in [0.29, 0.717) is 11.4 Å². The van der Waals surface area contributed by atoms with E-state index in [9.17, 15) is 4.79 Å². The van der Waals surface area contributed by atoms with Crippen LogP contribution < -0.4 is 0 Å². The zero-order valence-corrected chi connectivity index (χ0v) is 14.1. The van der Waals surface area contributed by atoms with E-state index in [4.69, 9.17) is 16.1 Å². The second-order valence-electron chi connectivity index (χ2n) is 5.98. The van der Waals surface area contributed by atoms with Crippen LogP contribution in [0.4, 0.5) is 0 Å². The third-order valence-electron chi connectivity index (χ3n) is 4.29. The number of benzene rings is 1. The van der Waals surface area contributed by atoms with Gasteiger partial charge >= 0.3 is 0 Å². The Hall–Kier alpha value is -1.81. The van der Waals surface area contributed by atoms with E-state index in [1.165, 1.54) is 0 Å². The van der Waals surface area contributed by atoms with Crippen LogP contribution in [0.15, 0.2) is 34.9 Å². The van der Waals surface area contributed by atoms with E-state index in [1.807, 2.05) is 35.2 Å².